The van der Waals surface area contributed by atoms with Gasteiger partial charge in [-0.15, -0.1) is 0 Å². The highest BCUT2D eigenvalue weighted by molar-refractivity contribution is 5.94. The zero-order chi connectivity index (χ0) is 26.3. The van der Waals surface area contributed by atoms with Crippen LogP contribution < -0.4 is 4.57 Å². The Morgan fingerprint density at radius 3 is 1.90 bits per heavy atom. The lowest BCUT2D eigenvalue weighted by atomic mass is 9.99. The van der Waals surface area contributed by atoms with Crippen molar-refractivity contribution in [1.29, 1.82) is 0 Å². The first-order chi connectivity index (χ1) is 19.2. The maximum atomic E-state index is 2.45. The molecule has 0 atom stereocenters. The van der Waals surface area contributed by atoms with Gasteiger partial charge in [0.2, 0.25) is 0 Å². The third-order valence-corrected chi connectivity index (χ3v) is 7.81. The van der Waals surface area contributed by atoms with E-state index in [1.807, 2.05) is 0 Å². The summed E-state index contributed by atoms with van der Waals surface area (Å²) in [6, 6.07) is 50.2. The van der Waals surface area contributed by atoms with Crippen LogP contribution in [0.15, 0.2) is 140 Å². The Morgan fingerprint density at radius 1 is 0.538 bits per heavy atom. The SMILES string of the molecule is Cc1ccc(-c2ccccc2)cc1-c1n(-c2cccc3ccccc23)c2ccc(-c3ccccc3)cc2[n+]1C. The molecular weight excluding hydrogens is 472 g/mol. The van der Waals surface area contributed by atoms with Gasteiger partial charge in [-0.3, -0.25) is 0 Å². The second kappa shape index (κ2) is 9.41. The van der Waals surface area contributed by atoms with Crippen LogP contribution in [-0.2, 0) is 7.05 Å². The van der Waals surface area contributed by atoms with E-state index in [2.05, 4.69) is 163 Å². The molecule has 2 heteroatoms. The maximum Gasteiger partial charge on any atom is 0.295 e. The van der Waals surface area contributed by atoms with Crippen LogP contribution in [0, 0.1) is 6.92 Å². The van der Waals surface area contributed by atoms with Gasteiger partial charge in [0, 0.05) is 5.39 Å². The lowest BCUT2D eigenvalue weighted by molar-refractivity contribution is -0.633. The summed E-state index contributed by atoms with van der Waals surface area (Å²) in [7, 11) is 2.20. The number of hydrogen-bond donors (Lipinski definition) is 0. The minimum Gasteiger partial charge on any atom is -0.225 e. The van der Waals surface area contributed by atoms with Gasteiger partial charge in [-0.2, -0.15) is 4.57 Å². The van der Waals surface area contributed by atoms with Crippen LogP contribution in [-0.4, -0.2) is 4.57 Å². The predicted molar refractivity (Wildman–Crippen MR) is 163 cm³/mol. The minimum atomic E-state index is 1.17. The molecule has 0 saturated heterocycles. The van der Waals surface area contributed by atoms with E-state index in [-0.39, 0.29) is 0 Å². The molecule has 186 valence electrons. The van der Waals surface area contributed by atoms with Crippen LogP contribution in [0.4, 0.5) is 0 Å². The first-order valence-corrected chi connectivity index (χ1v) is 13.4. The van der Waals surface area contributed by atoms with Crippen LogP contribution in [0.2, 0.25) is 0 Å². The van der Waals surface area contributed by atoms with Crippen LogP contribution in [0.3, 0.4) is 0 Å². The molecule has 0 aliphatic rings. The van der Waals surface area contributed by atoms with Crippen molar-refractivity contribution in [3.05, 3.63) is 145 Å². The third-order valence-electron chi connectivity index (χ3n) is 7.81. The van der Waals surface area contributed by atoms with Gasteiger partial charge in [0.25, 0.3) is 5.82 Å². The van der Waals surface area contributed by atoms with Gasteiger partial charge in [-0.25, -0.2) is 4.57 Å². The van der Waals surface area contributed by atoms with E-state index in [1.54, 1.807) is 0 Å². The van der Waals surface area contributed by atoms with Crippen LogP contribution in [0.5, 0.6) is 0 Å². The third kappa shape index (κ3) is 3.93. The highest BCUT2D eigenvalue weighted by Gasteiger charge is 2.28. The van der Waals surface area contributed by atoms with Crippen molar-refractivity contribution in [3.63, 3.8) is 0 Å². The number of hydrogen-bond acceptors (Lipinski definition) is 0. The molecule has 0 saturated carbocycles. The Bertz CT molecular complexity index is 1960. The smallest absolute Gasteiger partial charge is 0.225 e. The van der Waals surface area contributed by atoms with Crippen LogP contribution in [0.25, 0.3) is 61.1 Å². The van der Waals surface area contributed by atoms with Crippen molar-refractivity contribution in [3.8, 4) is 39.3 Å². The van der Waals surface area contributed by atoms with Gasteiger partial charge < -0.3 is 0 Å². The van der Waals surface area contributed by atoms with Gasteiger partial charge in [0.15, 0.2) is 11.0 Å². The molecule has 0 radical (unpaired) electrons. The van der Waals surface area contributed by atoms with E-state index in [0.29, 0.717) is 0 Å². The molecule has 6 aromatic carbocycles. The second-order valence-electron chi connectivity index (χ2n) is 10.2. The van der Waals surface area contributed by atoms with E-state index >= 15 is 0 Å². The number of rotatable bonds is 4. The molecular formula is C37H29N2+. The quantitative estimate of drug-likeness (QED) is 0.213. The summed E-state index contributed by atoms with van der Waals surface area (Å²) in [6.07, 6.45) is 0. The lowest BCUT2D eigenvalue weighted by Gasteiger charge is -2.11. The zero-order valence-electron chi connectivity index (χ0n) is 22.2. The predicted octanol–water partition coefficient (Wildman–Crippen LogP) is 8.92. The highest BCUT2D eigenvalue weighted by atomic mass is 15.2. The average Bonchev–Trinajstić information content (AvgIpc) is 3.29. The Balaban J connectivity index is 1.57. The van der Waals surface area contributed by atoms with Crippen molar-refractivity contribution < 1.29 is 4.57 Å². The fourth-order valence-electron chi connectivity index (χ4n) is 5.79. The molecule has 0 spiro atoms. The second-order valence-corrected chi connectivity index (χ2v) is 10.2. The molecule has 0 fully saturated rings. The summed E-state index contributed by atoms with van der Waals surface area (Å²) >= 11 is 0. The summed E-state index contributed by atoms with van der Waals surface area (Å²) in [5, 5.41) is 2.48. The van der Waals surface area contributed by atoms with Crippen molar-refractivity contribution >= 4 is 21.8 Å². The standard InChI is InChI=1S/C37H29N2/c1-26-20-21-30(27-12-5-3-6-13-27)24-33(26)37-38(2)36-25-31(28-14-7-4-8-15-28)22-23-35(36)39(37)34-19-11-17-29-16-9-10-18-32(29)34/h3-25H,1-2H3/q+1. The molecule has 7 rings (SSSR count). The zero-order valence-corrected chi connectivity index (χ0v) is 22.2. The molecule has 0 N–H and O–H groups in total. The van der Waals surface area contributed by atoms with Crippen LogP contribution >= 0.6 is 0 Å². The van der Waals surface area contributed by atoms with Gasteiger partial charge in [-0.05, 0) is 70.5 Å². The molecule has 7 aromatic rings. The normalized spacial score (nSPS) is 11.3. The van der Waals surface area contributed by atoms with Crippen molar-refractivity contribution in [2.24, 2.45) is 7.05 Å². The maximum absolute atomic E-state index is 2.45. The van der Waals surface area contributed by atoms with Crippen molar-refractivity contribution in [2.45, 2.75) is 6.92 Å². The fourth-order valence-corrected chi connectivity index (χ4v) is 5.79. The van der Waals surface area contributed by atoms with E-state index < -0.39 is 0 Å². The molecule has 2 nitrogen and oxygen atoms in total. The molecule has 0 bridgehead atoms. The molecule has 1 aromatic heterocycles. The summed E-state index contributed by atoms with van der Waals surface area (Å²) in [6.45, 7) is 2.21. The fraction of sp³-hybridized carbons (Fsp3) is 0.0541. The number of nitrogens with zero attached hydrogens (tertiary/aromatic N) is 2. The van der Waals surface area contributed by atoms with Gasteiger partial charge in [0.1, 0.15) is 5.69 Å². The Hall–Kier alpha value is -4.95. The molecule has 0 amide bonds. The van der Waals surface area contributed by atoms with Gasteiger partial charge >= 0.3 is 0 Å². The van der Waals surface area contributed by atoms with Gasteiger partial charge in [0.05, 0.1) is 12.6 Å². The monoisotopic (exact) mass is 501 g/mol. The van der Waals surface area contributed by atoms with E-state index in [1.165, 1.54) is 66.7 Å². The number of aryl methyl sites for hydroxylation is 2. The van der Waals surface area contributed by atoms with Crippen molar-refractivity contribution in [2.75, 3.05) is 0 Å². The Morgan fingerprint density at radius 2 is 1.15 bits per heavy atom. The largest absolute Gasteiger partial charge is 0.295 e. The van der Waals surface area contributed by atoms with Crippen LogP contribution in [0.1, 0.15) is 5.56 Å². The Kier molecular flexibility index (Phi) is 5.60. The molecule has 1 heterocycles. The average molecular weight is 502 g/mol. The lowest BCUT2D eigenvalue weighted by Crippen LogP contribution is -2.30. The van der Waals surface area contributed by atoms with E-state index in [0.717, 1.165) is 0 Å². The summed E-state index contributed by atoms with van der Waals surface area (Å²) in [5.74, 6) is 1.17. The molecule has 0 aliphatic carbocycles. The number of fused-ring (bicyclic) bond motifs is 2. The van der Waals surface area contributed by atoms with Crippen molar-refractivity contribution in [1.82, 2.24) is 4.57 Å². The summed E-state index contributed by atoms with van der Waals surface area (Å²) < 4.78 is 4.81. The van der Waals surface area contributed by atoms with E-state index in [4.69, 9.17) is 0 Å². The van der Waals surface area contributed by atoms with E-state index in [9.17, 15) is 0 Å². The number of benzene rings is 6. The summed E-state index contributed by atoms with van der Waals surface area (Å²) in [5.41, 5.74) is 10.9. The molecule has 39 heavy (non-hydrogen) atoms. The number of imidazole rings is 1. The summed E-state index contributed by atoms with van der Waals surface area (Å²) in [4.78, 5) is 0. The Labute approximate surface area is 229 Å². The molecule has 0 aliphatic heterocycles. The first kappa shape index (κ1) is 23.2. The highest BCUT2D eigenvalue weighted by Crippen LogP contribution is 2.35. The first-order valence-electron chi connectivity index (χ1n) is 13.4. The van der Waals surface area contributed by atoms with Gasteiger partial charge in [-0.1, -0.05) is 109 Å². The number of aromatic nitrogens is 2. The molecule has 0 unspecified atom stereocenters. The topological polar surface area (TPSA) is 8.81 Å². The minimum absolute atomic E-state index is 1.17.